The molecule has 128 valence electrons. The number of benzene rings is 1. The molecule has 0 fully saturated rings. The highest BCUT2D eigenvalue weighted by Crippen LogP contribution is 2.19. The molecule has 0 aliphatic rings. The number of nitrogens with zero attached hydrogens (tertiary/aromatic N) is 2. The topological polar surface area (TPSA) is 105 Å². The summed E-state index contributed by atoms with van der Waals surface area (Å²) in [5.41, 5.74) is 1.11. The van der Waals surface area contributed by atoms with E-state index in [1.165, 1.54) is 6.07 Å². The zero-order valence-corrected chi connectivity index (χ0v) is 13.4. The SMILES string of the molecule is Cc1cc(-c2noc(CCC(=O)NC(C)CC(=O)O)n2)ccc1F. The summed E-state index contributed by atoms with van der Waals surface area (Å²) in [4.78, 5) is 26.5. The molecule has 0 bridgehead atoms. The average Bonchev–Trinajstić information content (AvgIpc) is 2.96. The highest BCUT2D eigenvalue weighted by Gasteiger charge is 2.14. The fourth-order valence-electron chi connectivity index (χ4n) is 2.14. The Bertz CT molecular complexity index is 745. The van der Waals surface area contributed by atoms with E-state index in [-0.39, 0.29) is 36.9 Å². The van der Waals surface area contributed by atoms with Crippen LogP contribution in [0.5, 0.6) is 0 Å². The summed E-state index contributed by atoms with van der Waals surface area (Å²) >= 11 is 0. The van der Waals surface area contributed by atoms with Gasteiger partial charge in [-0.15, -0.1) is 0 Å². The van der Waals surface area contributed by atoms with E-state index in [4.69, 9.17) is 9.63 Å². The van der Waals surface area contributed by atoms with Crippen LogP contribution in [0.15, 0.2) is 22.7 Å². The van der Waals surface area contributed by atoms with Crippen molar-refractivity contribution in [2.24, 2.45) is 0 Å². The molecule has 2 N–H and O–H groups in total. The third kappa shape index (κ3) is 4.87. The molecule has 0 aliphatic heterocycles. The summed E-state index contributed by atoms with van der Waals surface area (Å²) in [6, 6.07) is 4.05. The molecule has 2 aromatic rings. The standard InChI is InChI=1S/C16H18FN3O4/c1-9-7-11(3-4-12(9)17)16-19-14(24-20-16)6-5-13(21)18-10(2)8-15(22)23/h3-4,7,10H,5-6,8H2,1-2H3,(H,18,21)(H,22,23). The van der Waals surface area contributed by atoms with Crippen LogP contribution in [0.1, 0.15) is 31.2 Å². The molecule has 1 heterocycles. The molecule has 24 heavy (non-hydrogen) atoms. The Morgan fingerprint density at radius 1 is 1.42 bits per heavy atom. The van der Waals surface area contributed by atoms with Gasteiger partial charge in [0.2, 0.25) is 17.6 Å². The molecule has 0 spiro atoms. The van der Waals surface area contributed by atoms with E-state index in [1.54, 1.807) is 26.0 Å². The van der Waals surface area contributed by atoms with Gasteiger partial charge in [-0.2, -0.15) is 4.98 Å². The van der Waals surface area contributed by atoms with Gasteiger partial charge in [-0.3, -0.25) is 9.59 Å². The molecular formula is C16H18FN3O4. The zero-order chi connectivity index (χ0) is 17.7. The monoisotopic (exact) mass is 335 g/mol. The van der Waals surface area contributed by atoms with Gasteiger partial charge in [0.1, 0.15) is 5.82 Å². The predicted molar refractivity (Wildman–Crippen MR) is 82.6 cm³/mol. The number of carboxylic acid groups (broad SMARTS) is 1. The number of amides is 1. The van der Waals surface area contributed by atoms with Gasteiger partial charge >= 0.3 is 5.97 Å². The molecule has 1 aromatic heterocycles. The van der Waals surface area contributed by atoms with Crippen molar-refractivity contribution in [3.8, 4) is 11.4 Å². The lowest BCUT2D eigenvalue weighted by Gasteiger charge is -2.10. The van der Waals surface area contributed by atoms with Gasteiger partial charge in [0.25, 0.3) is 0 Å². The van der Waals surface area contributed by atoms with Gasteiger partial charge < -0.3 is 14.9 Å². The minimum absolute atomic E-state index is 0.105. The third-order valence-corrected chi connectivity index (χ3v) is 3.34. The van der Waals surface area contributed by atoms with Crippen LogP contribution in [0, 0.1) is 12.7 Å². The summed E-state index contributed by atoms with van der Waals surface area (Å²) in [5.74, 6) is -0.963. The lowest BCUT2D eigenvalue weighted by Crippen LogP contribution is -2.34. The Morgan fingerprint density at radius 3 is 2.83 bits per heavy atom. The number of aliphatic carboxylic acids is 1. The van der Waals surface area contributed by atoms with Gasteiger partial charge in [-0.05, 0) is 37.6 Å². The summed E-state index contributed by atoms with van der Waals surface area (Å²) in [6.07, 6.45) is 0.202. The Kier molecular flexibility index (Phi) is 5.62. The summed E-state index contributed by atoms with van der Waals surface area (Å²) in [5, 5.41) is 15.0. The van der Waals surface area contributed by atoms with Crippen LogP contribution in [-0.2, 0) is 16.0 Å². The fraction of sp³-hybridized carbons (Fsp3) is 0.375. The van der Waals surface area contributed by atoms with E-state index >= 15 is 0 Å². The second-order valence-electron chi connectivity index (χ2n) is 5.54. The first-order valence-corrected chi connectivity index (χ1v) is 7.45. The molecule has 1 amide bonds. The van der Waals surface area contributed by atoms with Crippen LogP contribution in [0.4, 0.5) is 4.39 Å². The molecule has 0 aliphatic carbocycles. The maximum Gasteiger partial charge on any atom is 0.305 e. The van der Waals surface area contributed by atoms with E-state index in [9.17, 15) is 14.0 Å². The first kappa shape index (κ1) is 17.6. The minimum atomic E-state index is -0.973. The molecule has 8 heteroatoms. The molecular weight excluding hydrogens is 317 g/mol. The lowest BCUT2D eigenvalue weighted by molar-refractivity contribution is -0.137. The van der Waals surface area contributed by atoms with Crippen molar-refractivity contribution in [2.45, 2.75) is 39.2 Å². The average molecular weight is 335 g/mol. The first-order valence-electron chi connectivity index (χ1n) is 7.45. The highest BCUT2D eigenvalue weighted by molar-refractivity contribution is 5.77. The van der Waals surface area contributed by atoms with E-state index in [0.29, 0.717) is 17.0 Å². The van der Waals surface area contributed by atoms with Crippen LogP contribution in [0.2, 0.25) is 0 Å². The maximum atomic E-state index is 13.3. The van der Waals surface area contributed by atoms with E-state index in [2.05, 4.69) is 15.5 Å². The van der Waals surface area contributed by atoms with Crippen molar-refractivity contribution in [3.05, 3.63) is 35.5 Å². The van der Waals surface area contributed by atoms with E-state index < -0.39 is 12.0 Å². The number of halogens is 1. The Morgan fingerprint density at radius 2 is 2.17 bits per heavy atom. The predicted octanol–water partition coefficient (Wildman–Crippen LogP) is 2.10. The molecule has 0 radical (unpaired) electrons. The number of aromatic nitrogens is 2. The van der Waals surface area contributed by atoms with Crippen molar-refractivity contribution in [1.29, 1.82) is 0 Å². The number of aryl methyl sites for hydroxylation is 2. The van der Waals surface area contributed by atoms with Crippen molar-refractivity contribution in [3.63, 3.8) is 0 Å². The number of carbonyl (C=O) groups is 2. The van der Waals surface area contributed by atoms with Gasteiger partial charge in [-0.25, -0.2) is 4.39 Å². The Balaban J connectivity index is 1.90. The molecule has 1 atom stereocenters. The first-order chi connectivity index (χ1) is 11.3. The zero-order valence-electron chi connectivity index (χ0n) is 13.4. The number of carboxylic acids is 1. The minimum Gasteiger partial charge on any atom is -0.481 e. The van der Waals surface area contributed by atoms with Crippen LogP contribution < -0.4 is 5.32 Å². The number of hydrogen-bond acceptors (Lipinski definition) is 5. The second-order valence-corrected chi connectivity index (χ2v) is 5.54. The fourth-order valence-corrected chi connectivity index (χ4v) is 2.14. The molecule has 1 unspecified atom stereocenters. The second kappa shape index (κ2) is 7.67. The Hall–Kier alpha value is -2.77. The summed E-state index contributed by atoms with van der Waals surface area (Å²) < 4.78 is 18.3. The largest absolute Gasteiger partial charge is 0.481 e. The maximum absolute atomic E-state index is 13.3. The Labute approximate surface area is 137 Å². The van der Waals surface area contributed by atoms with Gasteiger partial charge in [0.15, 0.2) is 0 Å². The van der Waals surface area contributed by atoms with Crippen molar-refractivity contribution in [2.75, 3.05) is 0 Å². The number of carbonyl (C=O) groups excluding carboxylic acids is 1. The number of nitrogens with one attached hydrogen (secondary N) is 1. The number of hydrogen-bond donors (Lipinski definition) is 2. The third-order valence-electron chi connectivity index (χ3n) is 3.34. The molecule has 0 saturated carbocycles. The quantitative estimate of drug-likeness (QED) is 0.803. The normalized spacial score (nSPS) is 12.0. The van der Waals surface area contributed by atoms with E-state index in [1.807, 2.05) is 0 Å². The lowest BCUT2D eigenvalue weighted by atomic mass is 10.1. The van der Waals surface area contributed by atoms with Gasteiger partial charge in [0, 0.05) is 24.4 Å². The molecule has 2 rings (SSSR count). The molecule has 7 nitrogen and oxygen atoms in total. The summed E-state index contributed by atoms with van der Waals surface area (Å²) in [6.45, 7) is 3.26. The van der Waals surface area contributed by atoms with Crippen molar-refractivity contribution < 1.29 is 23.6 Å². The van der Waals surface area contributed by atoms with Crippen LogP contribution in [-0.4, -0.2) is 33.2 Å². The number of rotatable bonds is 7. The highest BCUT2D eigenvalue weighted by atomic mass is 19.1. The van der Waals surface area contributed by atoms with Gasteiger partial charge in [0.05, 0.1) is 6.42 Å². The van der Waals surface area contributed by atoms with Crippen molar-refractivity contribution in [1.82, 2.24) is 15.5 Å². The smallest absolute Gasteiger partial charge is 0.305 e. The summed E-state index contributed by atoms with van der Waals surface area (Å²) in [7, 11) is 0. The molecule has 1 aromatic carbocycles. The van der Waals surface area contributed by atoms with Gasteiger partial charge in [-0.1, -0.05) is 5.16 Å². The van der Waals surface area contributed by atoms with Crippen LogP contribution >= 0.6 is 0 Å². The van der Waals surface area contributed by atoms with E-state index in [0.717, 1.165) is 0 Å². The van der Waals surface area contributed by atoms with Crippen LogP contribution in [0.3, 0.4) is 0 Å². The molecule has 0 saturated heterocycles. The van der Waals surface area contributed by atoms with Crippen molar-refractivity contribution >= 4 is 11.9 Å². The van der Waals surface area contributed by atoms with Crippen LogP contribution in [0.25, 0.3) is 11.4 Å².